The lowest BCUT2D eigenvalue weighted by molar-refractivity contribution is 0.255. The van der Waals surface area contributed by atoms with Crippen molar-refractivity contribution in [3.05, 3.63) is 95.5 Å². The van der Waals surface area contributed by atoms with Gasteiger partial charge in [0.15, 0.2) is 0 Å². The van der Waals surface area contributed by atoms with Crippen LogP contribution in [0.15, 0.2) is 83.8 Å². The van der Waals surface area contributed by atoms with Crippen molar-refractivity contribution in [1.29, 1.82) is 0 Å². The van der Waals surface area contributed by atoms with E-state index in [9.17, 15) is 0 Å². The monoisotopic (exact) mass is 405 g/mol. The molecule has 29 heavy (non-hydrogen) atoms. The Bertz CT molecular complexity index is 1030. The molecular formula is C24H24ClN3O. The van der Waals surface area contributed by atoms with E-state index in [-0.39, 0.29) is 0 Å². The van der Waals surface area contributed by atoms with Crippen molar-refractivity contribution in [2.45, 2.75) is 19.5 Å². The molecule has 148 valence electrons. The highest BCUT2D eigenvalue weighted by atomic mass is 35.5. The number of furan rings is 1. The van der Waals surface area contributed by atoms with E-state index in [4.69, 9.17) is 16.0 Å². The van der Waals surface area contributed by atoms with E-state index in [1.54, 1.807) is 6.26 Å². The van der Waals surface area contributed by atoms with Gasteiger partial charge in [-0.2, -0.15) is 0 Å². The summed E-state index contributed by atoms with van der Waals surface area (Å²) >= 11 is 6.08. The van der Waals surface area contributed by atoms with Gasteiger partial charge in [-0.15, -0.1) is 0 Å². The average molecular weight is 406 g/mol. The number of benzene rings is 2. The minimum absolute atomic E-state index is 0.706. The molecule has 0 aliphatic heterocycles. The number of rotatable bonds is 9. The summed E-state index contributed by atoms with van der Waals surface area (Å²) in [5.41, 5.74) is 4.52. The lowest BCUT2D eigenvalue weighted by atomic mass is 10.2. The molecule has 0 aliphatic carbocycles. The van der Waals surface area contributed by atoms with Crippen LogP contribution in [0.25, 0.3) is 10.9 Å². The van der Waals surface area contributed by atoms with E-state index in [1.165, 1.54) is 11.1 Å². The van der Waals surface area contributed by atoms with Gasteiger partial charge in [0, 0.05) is 54.0 Å². The third-order valence-corrected chi connectivity index (χ3v) is 5.14. The van der Waals surface area contributed by atoms with Gasteiger partial charge in [-0.1, -0.05) is 41.9 Å². The smallest absolute Gasteiger partial charge is 0.0947 e. The Morgan fingerprint density at radius 1 is 0.966 bits per heavy atom. The summed E-state index contributed by atoms with van der Waals surface area (Å²) in [5, 5.41) is 5.36. The van der Waals surface area contributed by atoms with Crippen LogP contribution < -0.4 is 5.32 Å². The van der Waals surface area contributed by atoms with Crippen LogP contribution in [0.5, 0.6) is 0 Å². The lowest BCUT2D eigenvalue weighted by Gasteiger charge is -2.22. The Kier molecular flexibility index (Phi) is 6.45. The Morgan fingerprint density at radius 2 is 1.83 bits per heavy atom. The first-order valence-corrected chi connectivity index (χ1v) is 10.2. The summed E-state index contributed by atoms with van der Waals surface area (Å²) in [7, 11) is 0. The SMILES string of the molecule is Clc1ccc2c(NCCCN(Cc3ccccc3)Cc3ccoc3)ccnc2c1. The molecule has 0 fully saturated rings. The van der Waals surface area contributed by atoms with Crippen LogP contribution in [0.1, 0.15) is 17.5 Å². The van der Waals surface area contributed by atoms with Crippen molar-refractivity contribution >= 4 is 28.2 Å². The molecule has 4 rings (SSSR count). The number of halogens is 1. The van der Waals surface area contributed by atoms with Crippen LogP contribution in [0.3, 0.4) is 0 Å². The normalized spacial score (nSPS) is 11.2. The third-order valence-electron chi connectivity index (χ3n) is 4.91. The Hall–Kier alpha value is -2.82. The van der Waals surface area contributed by atoms with E-state index < -0.39 is 0 Å². The zero-order chi connectivity index (χ0) is 19.9. The van der Waals surface area contributed by atoms with Gasteiger partial charge < -0.3 is 9.73 Å². The first-order chi connectivity index (χ1) is 14.3. The Balaban J connectivity index is 1.36. The molecular weight excluding hydrogens is 382 g/mol. The summed E-state index contributed by atoms with van der Waals surface area (Å²) in [4.78, 5) is 6.86. The van der Waals surface area contributed by atoms with Crippen LogP contribution in [-0.2, 0) is 13.1 Å². The molecule has 2 heterocycles. The van der Waals surface area contributed by atoms with E-state index in [0.29, 0.717) is 5.02 Å². The molecule has 2 aromatic heterocycles. The number of anilines is 1. The van der Waals surface area contributed by atoms with E-state index in [1.807, 2.05) is 42.8 Å². The number of hydrogen-bond donors (Lipinski definition) is 1. The van der Waals surface area contributed by atoms with Gasteiger partial charge in [0.1, 0.15) is 0 Å². The summed E-state index contributed by atoms with van der Waals surface area (Å²) < 4.78 is 5.24. The fourth-order valence-corrected chi connectivity index (χ4v) is 3.66. The van der Waals surface area contributed by atoms with Crippen molar-refractivity contribution in [3.8, 4) is 0 Å². The first kappa shape index (κ1) is 19.5. The van der Waals surface area contributed by atoms with E-state index in [0.717, 1.165) is 49.2 Å². The highest BCUT2D eigenvalue weighted by Crippen LogP contribution is 2.24. The fraction of sp³-hybridized carbons (Fsp3) is 0.208. The maximum atomic E-state index is 6.08. The number of nitrogens with one attached hydrogen (secondary N) is 1. The second-order valence-electron chi connectivity index (χ2n) is 7.13. The van der Waals surface area contributed by atoms with Crippen molar-refractivity contribution in [2.24, 2.45) is 0 Å². The summed E-state index contributed by atoms with van der Waals surface area (Å²) in [5.74, 6) is 0. The average Bonchev–Trinajstić information content (AvgIpc) is 3.24. The molecule has 0 atom stereocenters. The standard InChI is InChI=1S/C24H24ClN3O/c25-21-7-8-22-23(9-12-27-24(22)15-21)26-11-4-13-28(17-20-10-14-29-18-20)16-19-5-2-1-3-6-19/h1-3,5-10,12,14-15,18H,4,11,13,16-17H2,(H,26,27). The molecule has 4 nitrogen and oxygen atoms in total. The van der Waals surface area contributed by atoms with Crippen molar-refractivity contribution in [2.75, 3.05) is 18.4 Å². The topological polar surface area (TPSA) is 41.3 Å². The number of nitrogens with zero attached hydrogens (tertiary/aromatic N) is 2. The summed E-state index contributed by atoms with van der Waals surface area (Å²) in [6.45, 7) is 3.67. The molecule has 0 saturated carbocycles. The maximum Gasteiger partial charge on any atom is 0.0947 e. The fourth-order valence-electron chi connectivity index (χ4n) is 3.50. The summed E-state index contributed by atoms with van der Waals surface area (Å²) in [6, 6.07) is 20.5. The zero-order valence-corrected chi connectivity index (χ0v) is 17.0. The first-order valence-electron chi connectivity index (χ1n) is 9.83. The molecule has 5 heteroatoms. The van der Waals surface area contributed by atoms with Crippen LogP contribution in [0.2, 0.25) is 5.02 Å². The summed E-state index contributed by atoms with van der Waals surface area (Å²) in [6.07, 6.45) is 6.41. The molecule has 0 unspecified atom stereocenters. The maximum absolute atomic E-state index is 6.08. The van der Waals surface area contributed by atoms with Crippen molar-refractivity contribution < 1.29 is 4.42 Å². The van der Waals surface area contributed by atoms with Crippen LogP contribution in [0.4, 0.5) is 5.69 Å². The van der Waals surface area contributed by atoms with Gasteiger partial charge in [-0.25, -0.2) is 0 Å². The molecule has 0 spiro atoms. The van der Waals surface area contributed by atoms with Gasteiger partial charge in [-0.3, -0.25) is 9.88 Å². The number of fused-ring (bicyclic) bond motifs is 1. The van der Waals surface area contributed by atoms with Crippen LogP contribution >= 0.6 is 11.6 Å². The zero-order valence-electron chi connectivity index (χ0n) is 16.2. The molecule has 2 aromatic carbocycles. The second kappa shape index (κ2) is 9.59. The Morgan fingerprint density at radius 3 is 2.66 bits per heavy atom. The van der Waals surface area contributed by atoms with Gasteiger partial charge in [0.05, 0.1) is 18.0 Å². The van der Waals surface area contributed by atoms with Gasteiger partial charge in [0.25, 0.3) is 0 Å². The largest absolute Gasteiger partial charge is 0.472 e. The molecule has 1 N–H and O–H groups in total. The minimum Gasteiger partial charge on any atom is -0.472 e. The second-order valence-corrected chi connectivity index (χ2v) is 7.56. The van der Waals surface area contributed by atoms with E-state index >= 15 is 0 Å². The number of hydrogen-bond acceptors (Lipinski definition) is 4. The molecule has 4 aromatic rings. The van der Waals surface area contributed by atoms with Gasteiger partial charge in [-0.05, 0) is 42.3 Å². The molecule has 0 saturated heterocycles. The predicted octanol–water partition coefficient (Wildman–Crippen LogP) is 5.99. The molecule has 0 radical (unpaired) electrons. The quantitative estimate of drug-likeness (QED) is 0.347. The molecule has 0 bridgehead atoms. The highest BCUT2D eigenvalue weighted by molar-refractivity contribution is 6.31. The molecule has 0 amide bonds. The van der Waals surface area contributed by atoms with Gasteiger partial charge in [0.2, 0.25) is 0 Å². The van der Waals surface area contributed by atoms with Crippen molar-refractivity contribution in [3.63, 3.8) is 0 Å². The van der Waals surface area contributed by atoms with Gasteiger partial charge >= 0.3 is 0 Å². The van der Waals surface area contributed by atoms with Crippen molar-refractivity contribution in [1.82, 2.24) is 9.88 Å². The number of aromatic nitrogens is 1. The van der Waals surface area contributed by atoms with E-state index in [2.05, 4.69) is 45.5 Å². The minimum atomic E-state index is 0.706. The van der Waals surface area contributed by atoms with Crippen LogP contribution in [0, 0.1) is 0 Å². The molecule has 0 aliphatic rings. The predicted molar refractivity (Wildman–Crippen MR) is 119 cm³/mol. The highest BCUT2D eigenvalue weighted by Gasteiger charge is 2.09. The lowest BCUT2D eigenvalue weighted by Crippen LogP contribution is -2.25. The Labute approximate surface area is 176 Å². The number of pyridine rings is 1. The third kappa shape index (κ3) is 5.37. The van der Waals surface area contributed by atoms with Crippen LogP contribution in [-0.4, -0.2) is 23.0 Å².